The third-order valence-electron chi connectivity index (χ3n) is 8.41. The highest BCUT2D eigenvalue weighted by Crippen LogP contribution is 2.31. The molecule has 3 heterocycles. The molecule has 1 saturated heterocycles. The fraction of sp³-hybridized carbons (Fsp3) is 0.343. The van der Waals surface area contributed by atoms with Gasteiger partial charge < -0.3 is 9.64 Å². The van der Waals surface area contributed by atoms with E-state index in [0.717, 1.165) is 23.1 Å². The Labute approximate surface area is 266 Å². The quantitative estimate of drug-likeness (QED) is 0.292. The second-order valence-electron chi connectivity index (χ2n) is 12.5. The van der Waals surface area contributed by atoms with Crippen LogP contribution in [0.25, 0.3) is 11.3 Å². The van der Waals surface area contributed by atoms with E-state index in [2.05, 4.69) is 45.6 Å². The van der Waals surface area contributed by atoms with Gasteiger partial charge in [0.1, 0.15) is 6.10 Å². The number of anilines is 1. The maximum absolute atomic E-state index is 14.1. The molecule has 0 radical (unpaired) electrons. The summed E-state index contributed by atoms with van der Waals surface area (Å²) in [6.45, 7) is 10.4. The molecule has 0 spiro atoms. The molecule has 1 amide bonds. The van der Waals surface area contributed by atoms with Crippen LogP contribution in [0.1, 0.15) is 48.7 Å². The molecule has 1 unspecified atom stereocenters. The third-order valence-corrected chi connectivity index (χ3v) is 9.74. The summed E-state index contributed by atoms with van der Waals surface area (Å²) in [5.74, 6) is 0.317. The van der Waals surface area contributed by atoms with Crippen LogP contribution >= 0.6 is 0 Å². The van der Waals surface area contributed by atoms with Crippen molar-refractivity contribution in [1.29, 1.82) is 0 Å². The van der Waals surface area contributed by atoms with E-state index in [1.807, 2.05) is 55.1 Å². The summed E-state index contributed by atoms with van der Waals surface area (Å²) in [6, 6.07) is 24.3. The summed E-state index contributed by atoms with van der Waals surface area (Å²) in [5, 5.41) is 0. The molecule has 2 aliphatic heterocycles. The van der Waals surface area contributed by atoms with Crippen molar-refractivity contribution in [3.05, 3.63) is 101 Å². The van der Waals surface area contributed by atoms with Crippen molar-refractivity contribution < 1.29 is 19.4 Å². The topological polar surface area (TPSA) is 105 Å². The number of aryl methyl sites for hydroxylation is 2. The van der Waals surface area contributed by atoms with Gasteiger partial charge in [-0.3, -0.25) is 9.69 Å². The Hall–Kier alpha value is -4.28. The monoisotopic (exact) mass is 627 g/mol. The zero-order valence-electron chi connectivity index (χ0n) is 26.1. The van der Waals surface area contributed by atoms with Crippen molar-refractivity contribution >= 4 is 21.9 Å². The van der Waals surface area contributed by atoms with E-state index in [1.54, 1.807) is 18.2 Å². The first-order valence-electron chi connectivity index (χ1n) is 15.4. The molecule has 1 aromatic heterocycles. The first-order valence-corrected chi connectivity index (χ1v) is 16.9. The molecule has 2 atom stereocenters. The lowest BCUT2D eigenvalue weighted by molar-refractivity contribution is 0.0681. The van der Waals surface area contributed by atoms with Crippen LogP contribution in [-0.4, -0.2) is 65.9 Å². The fourth-order valence-corrected chi connectivity index (χ4v) is 7.37. The third kappa shape index (κ3) is 6.87. The molecule has 6 rings (SSSR count). The van der Waals surface area contributed by atoms with Crippen LogP contribution in [0.15, 0.2) is 83.8 Å². The number of ether oxygens (including phenoxy) is 1. The minimum atomic E-state index is -4.11. The number of fused-ring (bicyclic) bond motifs is 6. The van der Waals surface area contributed by atoms with Gasteiger partial charge in [-0.05, 0) is 61.1 Å². The Morgan fingerprint density at radius 1 is 0.933 bits per heavy atom. The molecular formula is C35H41N5O4S. The number of carbonyl (C=O) groups excluding carboxylic acids is 1. The highest BCUT2D eigenvalue weighted by molar-refractivity contribution is 7.92. The average Bonchev–Trinajstić information content (AvgIpc) is 3.15. The molecule has 0 saturated carbocycles. The van der Waals surface area contributed by atoms with Crippen LogP contribution in [0, 0.1) is 19.8 Å². The summed E-state index contributed by atoms with van der Waals surface area (Å²) in [5.41, 5.74) is 4.92. The van der Waals surface area contributed by atoms with Crippen LogP contribution in [0.5, 0.6) is 5.88 Å². The van der Waals surface area contributed by atoms with Crippen LogP contribution in [-0.2, 0) is 16.6 Å². The first-order chi connectivity index (χ1) is 21.6. The van der Waals surface area contributed by atoms with Gasteiger partial charge in [-0.15, -0.1) is 0 Å². The predicted molar refractivity (Wildman–Crippen MR) is 177 cm³/mol. The molecule has 45 heavy (non-hydrogen) atoms. The molecular weight excluding hydrogens is 586 g/mol. The van der Waals surface area contributed by atoms with E-state index in [-0.39, 0.29) is 30.1 Å². The van der Waals surface area contributed by atoms with E-state index in [9.17, 15) is 13.2 Å². The summed E-state index contributed by atoms with van der Waals surface area (Å²) < 4.78 is 36.3. The van der Waals surface area contributed by atoms with Crippen molar-refractivity contribution in [2.75, 3.05) is 24.4 Å². The molecule has 2 aliphatic rings. The molecule has 6 bridgehead atoms. The lowest BCUT2D eigenvalue weighted by Gasteiger charge is -2.33. The Morgan fingerprint density at radius 2 is 1.67 bits per heavy atom. The number of hydrogen-bond donors (Lipinski definition) is 1. The number of nitrogens with zero attached hydrogens (tertiary/aromatic N) is 4. The Balaban J connectivity index is 0.00000417. The van der Waals surface area contributed by atoms with E-state index >= 15 is 0 Å². The van der Waals surface area contributed by atoms with E-state index in [0.29, 0.717) is 43.4 Å². The van der Waals surface area contributed by atoms with Gasteiger partial charge in [-0.2, -0.15) is 4.98 Å². The molecule has 0 aliphatic carbocycles. The molecule has 4 aromatic rings. The maximum atomic E-state index is 14.1. The Bertz CT molecular complexity index is 1800. The highest BCUT2D eigenvalue weighted by atomic mass is 32.2. The zero-order chi connectivity index (χ0) is 31.7. The van der Waals surface area contributed by atoms with Crippen molar-refractivity contribution in [2.45, 2.75) is 57.7 Å². The van der Waals surface area contributed by atoms with E-state index < -0.39 is 16.1 Å². The second kappa shape index (κ2) is 12.6. The molecule has 9 nitrogen and oxygen atoms in total. The number of benzene rings is 3. The van der Waals surface area contributed by atoms with Gasteiger partial charge in [0.15, 0.2) is 0 Å². The fourth-order valence-electron chi connectivity index (χ4n) is 6.38. The minimum absolute atomic E-state index is 0. The minimum Gasteiger partial charge on any atom is -0.471 e. The summed E-state index contributed by atoms with van der Waals surface area (Å²) in [7, 11) is -4.11. The van der Waals surface area contributed by atoms with Crippen LogP contribution < -0.4 is 9.46 Å². The summed E-state index contributed by atoms with van der Waals surface area (Å²) in [4.78, 5) is 27.5. The van der Waals surface area contributed by atoms with Gasteiger partial charge in [-0.25, -0.2) is 18.1 Å². The van der Waals surface area contributed by atoms with Gasteiger partial charge in [0.25, 0.3) is 15.9 Å². The largest absolute Gasteiger partial charge is 0.471 e. The maximum Gasteiger partial charge on any atom is 0.264 e. The highest BCUT2D eigenvalue weighted by Gasteiger charge is 2.35. The number of sulfonamides is 1. The number of nitrogens with one attached hydrogen (secondary N) is 1. The van der Waals surface area contributed by atoms with Gasteiger partial charge in [0.2, 0.25) is 11.8 Å². The lowest BCUT2D eigenvalue weighted by atomic mass is 10.00. The number of aromatic nitrogens is 2. The van der Waals surface area contributed by atoms with Crippen molar-refractivity contribution in [1.82, 2.24) is 19.8 Å². The summed E-state index contributed by atoms with van der Waals surface area (Å²) >= 11 is 0. The number of rotatable bonds is 5. The van der Waals surface area contributed by atoms with Crippen molar-refractivity contribution in [2.24, 2.45) is 5.92 Å². The molecule has 1 N–H and O–H groups in total. The summed E-state index contributed by atoms with van der Waals surface area (Å²) in [6.07, 6.45) is 0.444. The zero-order valence-corrected chi connectivity index (χ0v) is 26.9. The number of hydrogen-bond acceptors (Lipinski definition) is 7. The van der Waals surface area contributed by atoms with Gasteiger partial charge in [0.05, 0.1) is 17.1 Å². The van der Waals surface area contributed by atoms with Gasteiger partial charge in [-0.1, -0.05) is 68.4 Å². The Kier molecular flexibility index (Phi) is 8.61. The van der Waals surface area contributed by atoms with Crippen LogP contribution in [0.4, 0.5) is 5.95 Å². The normalized spacial score (nSPS) is 19.8. The van der Waals surface area contributed by atoms with E-state index in [1.165, 1.54) is 17.7 Å². The van der Waals surface area contributed by atoms with Crippen LogP contribution in [0.3, 0.4) is 0 Å². The standard InChI is InChI=1S/C35H39N5O4S.H2/c1-23(2)16-28-20-40-22-29(21-39(28)19-26-12-6-5-7-13-26)44-32-18-31(33-24(3)10-8-11-25(33)4)36-35(37-32)38-45(42,43)30-15-9-14-27(17-30)34(40)41;/h5-15,17-18,23,28-29H,16,19-22H2,1-4H3,(H,36,37,38);1H/t28-,29?;/m0./s1. The Morgan fingerprint density at radius 3 is 2.40 bits per heavy atom. The second-order valence-corrected chi connectivity index (χ2v) is 14.1. The molecule has 3 aromatic carbocycles. The SMILES string of the molecule is Cc1cccc(C)c1-c1cc2nc(n1)NS(=O)(=O)c1cccc(c1)C(=O)N1CC(CN(Cc3ccccc3)[C@@H](CC(C)C)C1)O2.[HH]. The van der Waals surface area contributed by atoms with Crippen molar-refractivity contribution in [3.8, 4) is 17.1 Å². The first kappa shape index (κ1) is 30.7. The number of amides is 1. The van der Waals surface area contributed by atoms with Gasteiger partial charge in [0, 0.05) is 44.3 Å². The predicted octanol–water partition coefficient (Wildman–Crippen LogP) is 5.94. The molecule has 236 valence electrons. The molecule has 1 fully saturated rings. The molecule has 10 heteroatoms. The smallest absolute Gasteiger partial charge is 0.264 e. The lowest BCUT2D eigenvalue weighted by Crippen LogP contribution is -2.43. The van der Waals surface area contributed by atoms with Gasteiger partial charge >= 0.3 is 0 Å². The number of carbonyl (C=O) groups is 1. The van der Waals surface area contributed by atoms with E-state index in [4.69, 9.17) is 4.74 Å². The average molecular weight is 628 g/mol. The van der Waals surface area contributed by atoms with Crippen LogP contribution in [0.2, 0.25) is 0 Å². The van der Waals surface area contributed by atoms with Crippen molar-refractivity contribution in [3.63, 3.8) is 0 Å².